The molecule has 0 aliphatic carbocycles. The fourth-order valence-electron chi connectivity index (χ4n) is 2.55. The Hall–Kier alpha value is -3.75. The Balaban J connectivity index is 0.000000212. The third-order valence-electron chi connectivity index (χ3n) is 3.77. The van der Waals surface area contributed by atoms with Gasteiger partial charge in [-0.2, -0.15) is 0 Å². The minimum absolute atomic E-state index is 0.202. The Morgan fingerprint density at radius 1 is 1.31 bits per heavy atom. The van der Waals surface area contributed by atoms with Crippen molar-refractivity contribution < 1.29 is 4.39 Å². The molecule has 0 fully saturated rings. The van der Waals surface area contributed by atoms with E-state index >= 15 is 0 Å². The van der Waals surface area contributed by atoms with E-state index in [1.807, 2.05) is 26.0 Å². The van der Waals surface area contributed by atoms with Gasteiger partial charge in [-0.1, -0.05) is 19.9 Å². The third kappa shape index (κ3) is 5.61. The minimum atomic E-state index is -0.239. The Morgan fingerprint density at radius 2 is 2.10 bits per heavy atom. The first kappa shape index (κ1) is 21.5. The first-order valence-corrected chi connectivity index (χ1v) is 9.09. The predicted molar refractivity (Wildman–Crippen MR) is 113 cm³/mol. The molecule has 0 bridgehead atoms. The number of H-pyrrole nitrogens is 2. The second-order valence-electron chi connectivity index (χ2n) is 5.67. The molecule has 9 heteroatoms. The average Bonchev–Trinajstić information content (AvgIpc) is 3.30. The van der Waals surface area contributed by atoms with Crippen molar-refractivity contribution in [1.29, 1.82) is 0 Å². The highest BCUT2D eigenvalue weighted by Crippen LogP contribution is 2.15. The van der Waals surface area contributed by atoms with Gasteiger partial charge in [-0.25, -0.2) is 19.2 Å². The van der Waals surface area contributed by atoms with Crippen LogP contribution in [0.5, 0.6) is 0 Å². The number of hydrogen-bond acceptors (Lipinski definition) is 4. The van der Waals surface area contributed by atoms with Crippen LogP contribution in [0.15, 0.2) is 58.8 Å². The summed E-state index contributed by atoms with van der Waals surface area (Å²) in [6.07, 6.45) is 6.12. The molecule has 0 aliphatic rings. The van der Waals surface area contributed by atoms with Crippen LogP contribution in [-0.2, 0) is 6.54 Å². The number of aromatic amines is 2. The number of nitrogens with two attached hydrogens (primary N) is 1. The summed E-state index contributed by atoms with van der Waals surface area (Å²) in [5, 5.41) is 0. The largest absolute Gasteiger partial charge is 0.390 e. The number of aromatic nitrogens is 5. The van der Waals surface area contributed by atoms with E-state index in [4.69, 9.17) is 5.73 Å². The quantitative estimate of drug-likeness (QED) is 0.363. The number of pyridine rings is 1. The van der Waals surface area contributed by atoms with Crippen LogP contribution in [0.3, 0.4) is 0 Å². The van der Waals surface area contributed by atoms with Crippen LogP contribution in [0.1, 0.15) is 25.1 Å². The summed E-state index contributed by atoms with van der Waals surface area (Å²) < 4.78 is 14.0. The van der Waals surface area contributed by atoms with Gasteiger partial charge in [0.15, 0.2) is 5.82 Å². The number of imidazole rings is 2. The number of halogens is 1. The van der Waals surface area contributed by atoms with Crippen LogP contribution in [0.4, 0.5) is 10.2 Å². The Morgan fingerprint density at radius 3 is 2.79 bits per heavy atom. The average molecular weight is 397 g/mol. The van der Waals surface area contributed by atoms with E-state index in [2.05, 4.69) is 24.9 Å². The van der Waals surface area contributed by atoms with Crippen molar-refractivity contribution >= 4 is 23.2 Å². The summed E-state index contributed by atoms with van der Waals surface area (Å²) in [5.74, 6) is 0.304. The number of aryl methyl sites for hydroxylation is 1. The van der Waals surface area contributed by atoms with Gasteiger partial charge in [0.1, 0.15) is 5.82 Å². The fourth-order valence-corrected chi connectivity index (χ4v) is 2.55. The van der Waals surface area contributed by atoms with E-state index in [9.17, 15) is 9.18 Å². The lowest BCUT2D eigenvalue weighted by Gasteiger charge is -2.03. The van der Waals surface area contributed by atoms with Crippen molar-refractivity contribution in [2.24, 2.45) is 10.7 Å². The van der Waals surface area contributed by atoms with E-state index in [0.29, 0.717) is 18.1 Å². The lowest BCUT2D eigenvalue weighted by atomic mass is 10.3. The molecule has 8 nitrogen and oxygen atoms in total. The molecule has 0 aliphatic heterocycles. The molecule has 1 aromatic carbocycles. The van der Waals surface area contributed by atoms with Gasteiger partial charge < -0.3 is 15.7 Å². The molecule has 0 saturated carbocycles. The zero-order chi connectivity index (χ0) is 21.2. The highest BCUT2D eigenvalue weighted by atomic mass is 19.1. The van der Waals surface area contributed by atoms with Crippen molar-refractivity contribution in [3.05, 3.63) is 76.6 Å². The monoisotopic (exact) mass is 397 g/mol. The van der Waals surface area contributed by atoms with E-state index in [0.717, 1.165) is 16.6 Å². The summed E-state index contributed by atoms with van der Waals surface area (Å²) in [4.78, 5) is 29.1. The first-order valence-electron chi connectivity index (χ1n) is 9.09. The third-order valence-corrected chi connectivity index (χ3v) is 3.77. The molecule has 4 N–H and O–H groups in total. The number of rotatable bonds is 3. The van der Waals surface area contributed by atoms with Crippen molar-refractivity contribution in [3.8, 4) is 0 Å². The fraction of sp³-hybridized carbons (Fsp3) is 0.200. The molecular formula is C20H24FN7O. The topological polar surface area (TPSA) is 118 Å². The molecule has 0 unspecified atom stereocenters. The lowest BCUT2D eigenvalue weighted by molar-refractivity contribution is 0.629. The number of hydrogen-bond donors (Lipinski definition) is 3. The van der Waals surface area contributed by atoms with Crippen LogP contribution in [0.25, 0.3) is 11.0 Å². The van der Waals surface area contributed by atoms with Gasteiger partial charge in [0, 0.05) is 12.4 Å². The molecule has 3 aromatic heterocycles. The summed E-state index contributed by atoms with van der Waals surface area (Å²) >= 11 is 0. The number of benzene rings is 1. The normalized spacial score (nSPS) is 10.3. The van der Waals surface area contributed by atoms with E-state index in [1.54, 1.807) is 31.7 Å². The number of fused-ring (bicyclic) bond motifs is 1. The van der Waals surface area contributed by atoms with E-state index < -0.39 is 0 Å². The molecule has 3 heterocycles. The Labute approximate surface area is 167 Å². The van der Waals surface area contributed by atoms with Gasteiger partial charge >= 0.3 is 5.69 Å². The van der Waals surface area contributed by atoms with Crippen molar-refractivity contribution in [3.63, 3.8) is 0 Å². The molecule has 0 spiro atoms. The van der Waals surface area contributed by atoms with Gasteiger partial charge in [-0.15, -0.1) is 0 Å². The number of nitrogens with zero attached hydrogens (tertiary/aromatic N) is 4. The summed E-state index contributed by atoms with van der Waals surface area (Å²) in [6, 6.07) is 8.18. The Kier molecular flexibility index (Phi) is 7.84. The zero-order valence-corrected chi connectivity index (χ0v) is 16.6. The van der Waals surface area contributed by atoms with Crippen molar-refractivity contribution in [2.45, 2.75) is 27.3 Å². The molecule has 4 aromatic rings. The molecule has 4 rings (SSSR count). The smallest absolute Gasteiger partial charge is 0.327 e. The van der Waals surface area contributed by atoms with E-state index in [1.165, 1.54) is 23.0 Å². The number of nitrogens with one attached hydrogen (secondary N) is 2. The van der Waals surface area contributed by atoms with Crippen LogP contribution >= 0.6 is 0 Å². The maximum absolute atomic E-state index is 12.5. The summed E-state index contributed by atoms with van der Waals surface area (Å²) in [6.45, 7) is 6.20. The van der Waals surface area contributed by atoms with Gasteiger partial charge in [0.2, 0.25) is 0 Å². The van der Waals surface area contributed by atoms with Crippen LogP contribution in [-0.4, -0.2) is 30.8 Å². The molecule has 29 heavy (non-hydrogen) atoms. The van der Waals surface area contributed by atoms with Crippen LogP contribution in [0.2, 0.25) is 0 Å². The Bertz CT molecular complexity index is 1110. The standard InChI is InChI=1S/C11H13N5O.C7H5FN2.C2H6/c1-8-10(14-7-12)16(11(17)15-8)6-9-3-2-4-13-5-9;8-5-1-2-6-7(3-5)10-4-9-6;1-2/h2-5,7H,6H2,1H3,(H2,12,14)(H,15,17);1-4H,(H,9,10);1-2H3. The number of aliphatic imine (C=N–C) groups is 1. The molecular weight excluding hydrogens is 373 g/mol. The van der Waals surface area contributed by atoms with Crippen LogP contribution in [0, 0.1) is 12.7 Å². The first-order chi connectivity index (χ1) is 14.1. The van der Waals surface area contributed by atoms with Gasteiger partial charge in [0.05, 0.1) is 35.9 Å². The van der Waals surface area contributed by atoms with Crippen LogP contribution < -0.4 is 11.4 Å². The van der Waals surface area contributed by atoms with Crippen molar-refractivity contribution in [1.82, 2.24) is 24.5 Å². The SMILES string of the molecule is CC.Cc1[nH]c(=O)n(Cc2cccnc2)c1/N=C\N.Fc1ccc2nc[nH]c2c1. The molecule has 152 valence electrons. The van der Waals surface area contributed by atoms with Crippen molar-refractivity contribution in [2.75, 3.05) is 0 Å². The highest BCUT2D eigenvalue weighted by molar-refractivity contribution is 5.73. The summed E-state index contributed by atoms with van der Waals surface area (Å²) in [7, 11) is 0. The van der Waals surface area contributed by atoms with Gasteiger partial charge in [0.25, 0.3) is 0 Å². The second kappa shape index (κ2) is 10.5. The van der Waals surface area contributed by atoms with Gasteiger partial charge in [-0.3, -0.25) is 9.55 Å². The van der Waals surface area contributed by atoms with E-state index in [-0.39, 0.29) is 11.5 Å². The molecule has 0 atom stereocenters. The van der Waals surface area contributed by atoms with Gasteiger partial charge in [-0.05, 0) is 36.8 Å². The maximum atomic E-state index is 12.5. The maximum Gasteiger partial charge on any atom is 0.327 e. The molecule has 0 amide bonds. The minimum Gasteiger partial charge on any atom is -0.390 e. The summed E-state index contributed by atoms with van der Waals surface area (Å²) in [5.41, 5.74) is 8.22. The molecule has 0 saturated heterocycles. The predicted octanol–water partition coefficient (Wildman–Crippen LogP) is 3.27. The zero-order valence-electron chi connectivity index (χ0n) is 16.6. The second-order valence-corrected chi connectivity index (χ2v) is 5.67. The molecule has 0 radical (unpaired) electrons. The lowest BCUT2D eigenvalue weighted by Crippen LogP contribution is -2.17. The highest BCUT2D eigenvalue weighted by Gasteiger charge is 2.09.